The van der Waals surface area contributed by atoms with Crippen LogP contribution < -0.4 is 0 Å². The standard InChI is InChI=1S/C8H12F2O3/c1-2-13-7(11)8(9,10)6-3-4-12-5-6/h6H,2-5H2,1H3/t6-/m1/s1. The molecular weight excluding hydrogens is 182 g/mol. The van der Waals surface area contributed by atoms with Crippen LogP contribution in [0.2, 0.25) is 0 Å². The Balaban J connectivity index is 2.57. The van der Waals surface area contributed by atoms with Gasteiger partial charge in [-0.3, -0.25) is 0 Å². The van der Waals surface area contributed by atoms with Gasteiger partial charge in [-0.25, -0.2) is 4.79 Å². The molecule has 0 aliphatic carbocycles. The third kappa shape index (κ3) is 2.15. The summed E-state index contributed by atoms with van der Waals surface area (Å²) >= 11 is 0. The zero-order valence-electron chi connectivity index (χ0n) is 7.39. The molecule has 0 saturated carbocycles. The van der Waals surface area contributed by atoms with Gasteiger partial charge >= 0.3 is 11.9 Å². The summed E-state index contributed by atoms with van der Waals surface area (Å²) in [5.74, 6) is -5.86. The van der Waals surface area contributed by atoms with Gasteiger partial charge in [0, 0.05) is 6.61 Å². The molecule has 0 bridgehead atoms. The van der Waals surface area contributed by atoms with Crippen molar-refractivity contribution in [3.8, 4) is 0 Å². The highest BCUT2D eigenvalue weighted by molar-refractivity contribution is 5.78. The van der Waals surface area contributed by atoms with Gasteiger partial charge < -0.3 is 9.47 Å². The van der Waals surface area contributed by atoms with Crippen LogP contribution in [0.15, 0.2) is 0 Å². The number of carbonyl (C=O) groups excluding carboxylic acids is 1. The third-order valence-electron chi connectivity index (χ3n) is 1.99. The first-order valence-electron chi connectivity index (χ1n) is 4.21. The molecule has 1 saturated heterocycles. The Labute approximate surface area is 75.0 Å². The number of alkyl halides is 2. The van der Waals surface area contributed by atoms with Crippen molar-refractivity contribution in [2.75, 3.05) is 19.8 Å². The number of carbonyl (C=O) groups is 1. The number of hydrogen-bond donors (Lipinski definition) is 0. The fourth-order valence-electron chi connectivity index (χ4n) is 1.21. The van der Waals surface area contributed by atoms with Crippen molar-refractivity contribution in [2.24, 2.45) is 5.92 Å². The first-order chi connectivity index (χ1) is 6.09. The summed E-state index contributed by atoms with van der Waals surface area (Å²) in [7, 11) is 0. The lowest BCUT2D eigenvalue weighted by Crippen LogP contribution is -2.39. The van der Waals surface area contributed by atoms with E-state index < -0.39 is 17.8 Å². The second kappa shape index (κ2) is 4.00. The number of ether oxygens (including phenoxy) is 2. The van der Waals surface area contributed by atoms with E-state index in [-0.39, 0.29) is 19.6 Å². The molecule has 0 aromatic carbocycles. The van der Waals surface area contributed by atoms with Gasteiger partial charge in [0.05, 0.1) is 19.1 Å². The minimum absolute atomic E-state index is 0.0258. The molecule has 1 atom stereocenters. The average Bonchev–Trinajstić information content (AvgIpc) is 2.56. The fraction of sp³-hybridized carbons (Fsp3) is 0.875. The summed E-state index contributed by atoms with van der Waals surface area (Å²) in [6.45, 7) is 1.70. The predicted molar refractivity (Wildman–Crippen MR) is 40.5 cm³/mol. The summed E-state index contributed by atoms with van der Waals surface area (Å²) in [6, 6.07) is 0. The highest BCUT2D eigenvalue weighted by Crippen LogP contribution is 2.32. The van der Waals surface area contributed by atoms with E-state index in [2.05, 4.69) is 4.74 Å². The van der Waals surface area contributed by atoms with E-state index in [0.29, 0.717) is 6.61 Å². The van der Waals surface area contributed by atoms with Crippen LogP contribution in [-0.4, -0.2) is 31.7 Å². The van der Waals surface area contributed by atoms with E-state index >= 15 is 0 Å². The lowest BCUT2D eigenvalue weighted by molar-refractivity contribution is -0.179. The van der Waals surface area contributed by atoms with Crippen LogP contribution in [0.3, 0.4) is 0 Å². The third-order valence-corrected chi connectivity index (χ3v) is 1.99. The Hall–Kier alpha value is -0.710. The van der Waals surface area contributed by atoms with E-state index in [1.807, 2.05) is 0 Å². The number of halogens is 2. The molecule has 0 radical (unpaired) electrons. The molecule has 0 aromatic rings. The smallest absolute Gasteiger partial charge is 0.377 e. The molecule has 1 rings (SSSR count). The van der Waals surface area contributed by atoms with Crippen molar-refractivity contribution < 1.29 is 23.0 Å². The number of rotatable bonds is 3. The lowest BCUT2D eigenvalue weighted by atomic mass is 10.0. The van der Waals surface area contributed by atoms with Crippen LogP contribution in [-0.2, 0) is 14.3 Å². The Kier molecular flexibility index (Phi) is 3.19. The molecule has 0 amide bonds. The van der Waals surface area contributed by atoms with Crippen LogP contribution in [0.25, 0.3) is 0 Å². The lowest BCUT2D eigenvalue weighted by Gasteiger charge is -2.19. The molecule has 0 N–H and O–H groups in total. The van der Waals surface area contributed by atoms with Gasteiger partial charge in [-0.2, -0.15) is 8.78 Å². The molecule has 1 fully saturated rings. The van der Waals surface area contributed by atoms with Crippen LogP contribution in [0.4, 0.5) is 8.78 Å². The first-order valence-corrected chi connectivity index (χ1v) is 4.21. The van der Waals surface area contributed by atoms with E-state index in [1.165, 1.54) is 6.92 Å². The monoisotopic (exact) mass is 194 g/mol. The zero-order valence-corrected chi connectivity index (χ0v) is 7.39. The summed E-state index contributed by atoms with van der Waals surface area (Å²) in [5, 5.41) is 0. The highest BCUT2D eigenvalue weighted by atomic mass is 19.3. The first kappa shape index (κ1) is 10.4. The van der Waals surface area contributed by atoms with Crippen molar-refractivity contribution in [2.45, 2.75) is 19.3 Å². The van der Waals surface area contributed by atoms with E-state index in [1.54, 1.807) is 0 Å². The second-order valence-corrected chi connectivity index (χ2v) is 2.90. The van der Waals surface area contributed by atoms with Crippen LogP contribution in [0, 0.1) is 5.92 Å². The van der Waals surface area contributed by atoms with Crippen molar-refractivity contribution in [1.82, 2.24) is 0 Å². The van der Waals surface area contributed by atoms with Crippen molar-refractivity contribution >= 4 is 5.97 Å². The van der Waals surface area contributed by atoms with Crippen molar-refractivity contribution in [3.05, 3.63) is 0 Å². The SMILES string of the molecule is CCOC(=O)C(F)(F)[C@@H]1CCOC1. The van der Waals surface area contributed by atoms with Crippen LogP contribution >= 0.6 is 0 Å². The molecular formula is C8H12F2O3. The molecule has 13 heavy (non-hydrogen) atoms. The van der Waals surface area contributed by atoms with Crippen molar-refractivity contribution in [3.63, 3.8) is 0 Å². The Morgan fingerprint density at radius 2 is 2.38 bits per heavy atom. The summed E-state index contributed by atoms with van der Waals surface area (Å²) in [5.41, 5.74) is 0. The molecule has 1 heterocycles. The number of esters is 1. The quantitative estimate of drug-likeness (QED) is 0.634. The fourth-order valence-corrected chi connectivity index (χ4v) is 1.21. The van der Waals surface area contributed by atoms with Gasteiger partial charge in [0.25, 0.3) is 0 Å². The van der Waals surface area contributed by atoms with E-state index in [9.17, 15) is 13.6 Å². The molecule has 0 spiro atoms. The second-order valence-electron chi connectivity index (χ2n) is 2.90. The summed E-state index contributed by atoms with van der Waals surface area (Å²) in [4.78, 5) is 10.8. The van der Waals surface area contributed by atoms with Gasteiger partial charge in [-0.1, -0.05) is 0 Å². The van der Waals surface area contributed by atoms with Gasteiger partial charge in [0.2, 0.25) is 0 Å². The van der Waals surface area contributed by atoms with Gasteiger partial charge in [0.15, 0.2) is 0 Å². The molecule has 3 nitrogen and oxygen atoms in total. The normalized spacial score (nSPS) is 23.2. The van der Waals surface area contributed by atoms with Gasteiger partial charge in [-0.15, -0.1) is 0 Å². The van der Waals surface area contributed by atoms with E-state index in [4.69, 9.17) is 4.74 Å². The van der Waals surface area contributed by atoms with Gasteiger partial charge in [-0.05, 0) is 13.3 Å². The maximum atomic E-state index is 13.2. The molecule has 1 aliphatic heterocycles. The highest BCUT2D eigenvalue weighted by Gasteiger charge is 2.49. The minimum atomic E-state index is -3.40. The minimum Gasteiger partial charge on any atom is -0.462 e. The van der Waals surface area contributed by atoms with Crippen LogP contribution in [0.5, 0.6) is 0 Å². The van der Waals surface area contributed by atoms with E-state index in [0.717, 1.165) is 0 Å². The maximum Gasteiger partial charge on any atom is 0.377 e. The Morgan fingerprint density at radius 1 is 1.69 bits per heavy atom. The molecule has 76 valence electrons. The topological polar surface area (TPSA) is 35.5 Å². The zero-order chi connectivity index (χ0) is 9.90. The Morgan fingerprint density at radius 3 is 2.85 bits per heavy atom. The maximum absolute atomic E-state index is 13.2. The Bertz CT molecular complexity index is 188. The average molecular weight is 194 g/mol. The summed E-state index contributed by atoms with van der Waals surface area (Å²) < 4.78 is 35.4. The molecule has 1 aliphatic rings. The molecule has 0 aromatic heterocycles. The predicted octanol–water partition coefficient (Wildman–Crippen LogP) is 1.22. The van der Waals surface area contributed by atoms with Gasteiger partial charge in [0.1, 0.15) is 0 Å². The molecule has 0 unspecified atom stereocenters. The van der Waals surface area contributed by atoms with Crippen LogP contribution in [0.1, 0.15) is 13.3 Å². The number of hydrogen-bond acceptors (Lipinski definition) is 3. The largest absolute Gasteiger partial charge is 0.462 e. The van der Waals surface area contributed by atoms with Crippen molar-refractivity contribution in [1.29, 1.82) is 0 Å². The molecule has 5 heteroatoms. The summed E-state index contributed by atoms with van der Waals surface area (Å²) in [6.07, 6.45) is 0.214.